The van der Waals surface area contributed by atoms with Crippen molar-refractivity contribution in [3.05, 3.63) is 227 Å². The van der Waals surface area contributed by atoms with E-state index >= 15 is 0 Å². The molecule has 11 rings (SSSR count). The molecule has 1 heterocycles. The fraction of sp³-hybridized carbons (Fsp3) is 0.0714. The number of hydrogen-bond acceptors (Lipinski definition) is 1. The van der Waals surface area contributed by atoms with Crippen LogP contribution in [0.4, 0.5) is 0 Å². The summed E-state index contributed by atoms with van der Waals surface area (Å²) in [5.41, 5.74) is -3.83. The summed E-state index contributed by atoms with van der Waals surface area (Å²) in [5.74, 6) is 0. The molecule has 11 aromatic rings. The number of aryl methyl sites for hydroxylation is 1. The van der Waals surface area contributed by atoms with E-state index in [1.54, 1.807) is 0 Å². The van der Waals surface area contributed by atoms with E-state index in [9.17, 15) is 13.7 Å². The minimum Gasteiger partial charge on any atom is -0.455 e. The Morgan fingerprint density at radius 1 is 0.386 bits per heavy atom. The first-order valence-corrected chi connectivity index (χ1v) is 17.6. The van der Waals surface area contributed by atoms with E-state index in [4.69, 9.17) is 33.2 Å². The predicted molar refractivity (Wildman–Crippen MR) is 242 cm³/mol. The van der Waals surface area contributed by atoms with Crippen LogP contribution in [0.15, 0.2) is 198 Å². The van der Waals surface area contributed by atoms with Gasteiger partial charge in [0.2, 0.25) is 0 Å². The fourth-order valence-electron chi connectivity index (χ4n) is 7.14. The average molecular weight is 760 g/mol. The second kappa shape index (κ2) is 14.0. The summed E-state index contributed by atoms with van der Waals surface area (Å²) in [6.45, 7) is 0. The maximum absolute atomic E-state index is 9.92. The van der Waals surface area contributed by atoms with Crippen LogP contribution in [0.5, 0.6) is 0 Å². The Morgan fingerprint density at radius 2 is 1.04 bits per heavy atom. The van der Waals surface area contributed by atoms with Crippen molar-refractivity contribution in [2.24, 2.45) is 0 Å². The van der Waals surface area contributed by atoms with Gasteiger partial charge in [-0.25, -0.2) is 0 Å². The van der Waals surface area contributed by atoms with Gasteiger partial charge in [-0.15, -0.1) is 0 Å². The second-order valence-electron chi connectivity index (χ2n) is 13.1. The molecule has 1 heteroatoms. The fourth-order valence-corrected chi connectivity index (χ4v) is 7.14. The molecule has 0 aliphatic carbocycles. The van der Waals surface area contributed by atoms with Crippen LogP contribution in [0.3, 0.4) is 0 Å². The zero-order valence-corrected chi connectivity index (χ0v) is 29.3. The molecule has 0 fully saturated rings. The van der Waals surface area contributed by atoms with E-state index in [-0.39, 0.29) is 60.1 Å². The zero-order chi connectivity index (χ0) is 64.7. The van der Waals surface area contributed by atoms with Crippen LogP contribution in [0.2, 0.25) is 0 Å². The van der Waals surface area contributed by atoms with Crippen molar-refractivity contribution < 1.29 is 46.9 Å². The summed E-state index contributed by atoms with van der Waals surface area (Å²) >= 11 is 0. The summed E-state index contributed by atoms with van der Waals surface area (Å²) in [6, 6.07) is -21.5. The zero-order valence-electron chi connectivity index (χ0n) is 60.3. The lowest BCUT2D eigenvalue weighted by Gasteiger charge is -2.18. The van der Waals surface area contributed by atoms with Gasteiger partial charge in [-0.1, -0.05) is 181 Å². The van der Waals surface area contributed by atoms with Gasteiger partial charge in [0.25, 0.3) is 0 Å². The smallest absolute Gasteiger partial charge is 0.143 e. The van der Waals surface area contributed by atoms with E-state index in [1.165, 1.54) is 0 Å². The molecule has 0 bridgehead atoms. The minimum absolute atomic E-state index is 0.141. The van der Waals surface area contributed by atoms with Crippen molar-refractivity contribution in [1.82, 2.24) is 0 Å². The van der Waals surface area contributed by atoms with Crippen molar-refractivity contribution in [3.63, 3.8) is 0 Å². The number of hydrogen-bond donors (Lipinski definition) is 0. The largest absolute Gasteiger partial charge is 0.455 e. The molecule has 0 unspecified atom stereocenters. The monoisotopic (exact) mass is 760 g/mol. The lowest BCUT2D eigenvalue weighted by molar-refractivity contribution is 0.670. The molecule has 0 spiro atoms. The third-order valence-corrected chi connectivity index (χ3v) is 9.72. The van der Waals surface area contributed by atoms with Gasteiger partial charge in [-0.05, 0) is 120 Å². The molecular weight excluding hydrogens is 689 g/mol. The minimum atomic E-state index is -0.836. The number of rotatable bonds is 8. The maximum Gasteiger partial charge on any atom is 0.143 e. The summed E-state index contributed by atoms with van der Waals surface area (Å²) in [6.07, 6.45) is -2.40. The molecule has 0 atom stereocenters. The van der Waals surface area contributed by atoms with Crippen molar-refractivity contribution in [3.8, 4) is 11.1 Å². The van der Waals surface area contributed by atoms with E-state index in [0.717, 1.165) is 6.07 Å². The van der Waals surface area contributed by atoms with E-state index in [1.807, 2.05) is 0 Å². The predicted octanol–water partition coefficient (Wildman–Crippen LogP) is 14.8. The SMILES string of the molecule is [2H]c1c([2H])c([2H])c(-c2c([2H])c([2H])c([2H])c3c2oc2c([2H])c([2H])c(Cc4c([2H])c([2H])c([2H])c5c([2H])cc(Cc6c7c([2H])c([2H])c([2H])c([2H])c7c(CCc7c([2H])c([2H])c8c([2H])c([2H])c([2H])c([2H])c8c7[2H])c7c([2H])c([2H])c([2H])c([2H])c67)c([2H])c45)c([2H])c23)c([2H])c1[2H]. The van der Waals surface area contributed by atoms with Crippen molar-refractivity contribution >= 4 is 65.0 Å². The maximum atomic E-state index is 9.92. The van der Waals surface area contributed by atoms with Crippen molar-refractivity contribution in [1.29, 1.82) is 0 Å². The summed E-state index contributed by atoms with van der Waals surface area (Å²) in [5, 5.41) is -3.66. The molecule has 0 aliphatic heterocycles. The highest BCUT2D eigenvalue weighted by Crippen LogP contribution is 2.38. The average Bonchev–Trinajstić information content (AvgIpc) is 1.24. The van der Waals surface area contributed by atoms with Gasteiger partial charge < -0.3 is 4.42 Å². The van der Waals surface area contributed by atoms with E-state index < -0.39 is 262 Å². The van der Waals surface area contributed by atoms with Gasteiger partial charge in [0.05, 0.1) is 42.5 Å². The van der Waals surface area contributed by atoms with Crippen LogP contribution in [-0.2, 0) is 25.7 Å². The van der Waals surface area contributed by atoms with Crippen LogP contribution in [-0.4, -0.2) is 0 Å². The summed E-state index contributed by atoms with van der Waals surface area (Å²) < 4.78 is 283. The lowest BCUT2D eigenvalue weighted by atomic mass is 9.86. The first-order valence-electron chi connectivity index (χ1n) is 33.1. The number of benzene rings is 10. The Morgan fingerprint density at radius 3 is 1.84 bits per heavy atom. The molecule has 1 aromatic heterocycles. The number of fused-ring (bicyclic) bond motifs is 7. The Labute approximate surface area is 376 Å². The molecule has 0 saturated carbocycles. The van der Waals surface area contributed by atoms with Gasteiger partial charge in [0.15, 0.2) is 0 Å². The lowest BCUT2D eigenvalue weighted by Crippen LogP contribution is -1.99. The van der Waals surface area contributed by atoms with Crippen LogP contribution in [0.1, 0.15) is 75.9 Å². The Bertz CT molecular complexity index is 4990. The van der Waals surface area contributed by atoms with Gasteiger partial charge in [0, 0.05) is 16.3 Å². The van der Waals surface area contributed by atoms with Crippen LogP contribution >= 0.6 is 0 Å². The molecule has 57 heavy (non-hydrogen) atoms. The third kappa shape index (κ3) is 6.04. The highest BCUT2D eigenvalue weighted by molar-refractivity contribution is 6.10. The molecule has 270 valence electrons. The van der Waals surface area contributed by atoms with Crippen LogP contribution < -0.4 is 0 Å². The topological polar surface area (TPSA) is 13.1 Å². The van der Waals surface area contributed by atoms with Crippen LogP contribution in [0.25, 0.3) is 76.2 Å². The molecule has 0 N–H and O–H groups in total. The molecule has 1 nitrogen and oxygen atoms in total. The highest BCUT2D eigenvalue weighted by atomic mass is 16.3. The van der Waals surface area contributed by atoms with Crippen molar-refractivity contribution in [2.45, 2.75) is 25.7 Å². The number of furan rings is 1. The van der Waals surface area contributed by atoms with Gasteiger partial charge in [-0.3, -0.25) is 0 Å². The highest BCUT2D eigenvalue weighted by Gasteiger charge is 2.16. The number of para-hydroxylation sites is 1. The Balaban J connectivity index is 1.16. The molecule has 0 aliphatic rings. The standard InChI is InChI=1S/C56H40O/c1-2-13-41(14-3-1)45-22-11-23-51-54-36-38(27-31-55(54)57-56(45)51)33-44-17-10-16-42-29-25-39(34-52(42)44)35-53-48-20-8-6-18-46(48)50(47-19-7-9-21-49(47)53)30-26-37-24-28-40-12-4-5-15-43(40)32-37/h1-25,27-29,31-32,34,36H,26,30,33,35H2/i1D,2D,3D,4D,5D,6D,7D,8D,9D,10D,11D,12D,13D,14D,15D,16D,17D,18D,19D,20D,21D,22D,23D,24D,27D,28D,29D,31D,32D,34D,36D. The van der Waals surface area contributed by atoms with Gasteiger partial charge >= 0.3 is 0 Å². The quantitative estimate of drug-likeness (QED) is 0.141. The first kappa shape index (κ1) is 14.5. The van der Waals surface area contributed by atoms with E-state index in [0.29, 0.717) is 0 Å². The molecule has 0 radical (unpaired) electrons. The Kier molecular flexibility index (Phi) is 3.56. The second-order valence-corrected chi connectivity index (χ2v) is 13.1. The van der Waals surface area contributed by atoms with Gasteiger partial charge in [-0.2, -0.15) is 0 Å². The normalized spacial score (nSPS) is 19.4. The molecule has 0 amide bonds. The van der Waals surface area contributed by atoms with Gasteiger partial charge in [0.1, 0.15) is 11.2 Å². The molecule has 10 aromatic carbocycles. The van der Waals surface area contributed by atoms with Crippen LogP contribution in [0, 0.1) is 0 Å². The summed E-state index contributed by atoms with van der Waals surface area (Å²) in [7, 11) is 0. The first-order chi connectivity index (χ1) is 41.1. The Hall–Kier alpha value is -6.96. The molecular formula is C56H40O. The van der Waals surface area contributed by atoms with E-state index in [2.05, 4.69) is 0 Å². The summed E-state index contributed by atoms with van der Waals surface area (Å²) in [4.78, 5) is 0. The third-order valence-electron chi connectivity index (χ3n) is 9.72. The molecule has 0 saturated heterocycles. The van der Waals surface area contributed by atoms with Crippen molar-refractivity contribution in [2.75, 3.05) is 0 Å².